The first kappa shape index (κ1) is 29.8. The molecule has 3 aliphatic rings. The molecule has 40 heavy (non-hydrogen) atoms. The maximum Gasteiger partial charge on any atom is 0.408 e. The minimum Gasteiger partial charge on any atom is -0.444 e. The molecule has 4 N–H and O–H groups in total. The van der Waals surface area contributed by atoms with Gasteiger partial charge in [0.15, 0.2) is 0 Å². The van der Waals surface area contributed by atoms with Crippen molar-refractivity contribution in [2.45, 2.75) is 104 Å². The summed E-state index contributed by atoms with van der Waals surface area (Å²) in [5, 5.41) is 5.71. The number of alkyl carbamates (subject to hydrolysis) is 1. The van der Waals surface area contributed by atoms with Crippen molar-refractivity contribution in [2.24, 2.45) is 28.4 Å². The van der Waals surface area contributed by atoms with E-state index in [4.69, 9.17) is 10.5 Å². The third kappa shape index (κ3) is 5.81. The largest absolute Gasteiger partial charge is 0.444 e. The molecule has 0 aromatic carbocycles. The normalized spacial score (nSPS) is 26.6. The van der Waals surface area contributed by atoms with Crippen LogP contribution in [0.5, 0.6) is 0 Å². The van der Waals surface area contributed by atoms with Gasteiger partial charge in [0.25, 0.3) is 0 Å². The third-order valence-corrected chi connectivity index (χ3v) is 8.85. The first-order valence-corrected chi connectivity index (χ1v) is 14.3. The molecular weight excluding hydrogens is 510 g/mol. The molecule has 0 bridgehead atoms. The number of carbonyl (C=O) groups is 4. The summed E-state index contributed by atoms with van der Waals surface area (Å²) in [7, 11) is 0. The molecule has 10 nitrogen and oxygen atoms in total. The fraction of sp³-hybridized carbons (Fsp3) is 0.700. The first-order chi connectivity index (χ1) is 18.4. The molecule has 2 unspecified atom stereocenters. The van der Waals surface area contributed by atoms with Crippen molar-refractivity contribution in [3.63, 3.8) is 0 Å². The Morgan fingerprint density at radius 1 is 1.12 bits per heavy atom. The van der Waals surface area contributed by atoms with Crippen molar-refractivity contribution in [2.75, 3.05) is 6.54 Å². The van der Waals surface area contributed by atoms with Gasteiger partial charge in [-0.1, -0.05) is 34.6 Å². The Morgan fingerprint density at radius 2 is 1.80 bits per heavy atom. The van der Waals surface area contributed by atoms with E-state index >= 15 is 0 Å². The molecule has 220 valence electrons. The summed E-state index contributed by atoms with van der Waals surface area (Å²) in [6, 6.07) is -0.676. The van der Waals surface area contributed by atoms with Gasteiger partial charge in [-0.2, -0.15) is 0 Å². The number of piperidine rings is 1. The monoisotopic (exact) mass is 555 g/mol. The van der Waals surface area contributed by atoms with E-state index in [1.54, 1.807) is 38.1 Å². The lowest BCUT2D eigenvalue weighted by molar-refractivity contribution is -0.144. The zero-order valence-corrected chi connectivity index (χ0v) is 25.0. The zero-order chi connectivity index (χ0) is 29.8. The summed E-state index contributed by atoms with van der Waals surface area (Å²) in [4.78, 5) is 59.3. The van der Waals surface area contributed by atoms with Crippen LogP contribution in [-0.4, -0.2) is 64.0 Å². The highest BCUT2D eigenvalue weighted by Gasteiger charge is 2.70. The first-order valence-electron chi connectivity index (χ1n) is 14.3. The lowest BCUT2D eigenvalue weighted by Crippen LogP contribution is -2.61. The van der Waals surface area contributed by atoms with Crippen LogP contribution in [-0.2, 0) is 25.5 Å². The molecule has 10 heteroatoms. The number of nitrogens with zero attached hydrogens (tertiary/aromatic N) is 2. The highest BCUT2D eigenvalue weighted by Crippen LogP contribution is 2.65. The fourth-order valence-electron chi connectivity index (χ4n) is 6.67. The number of fused-ring (bicyclic) bond motifs is 2. The average molecular weight is 556 g/mol. The molecule has 1 aromatic heterocycles. The SMILES string of the molecule is CC(C)(C)OC(=O)N[C@H](C(=O)N1C[C@H]2[C@@H]([C@H]1C(=O)NC(C(N)=O)C1CCCc3ccncc31)C2(C)C)C(C)(C)C. The van der Waals surface area contributed by atoms with Gasteiger partial charge in [-0.3, -0.25) is 19.4 Å². The molecule has 6 atom stereocenters. The number of rotatable bonds is 6. The summed E-state index contributed by atoms with van der Waals surface area (Å²) in [6.45, 7) is 15.4. The quantitative estimate of drug-likeness (QED) is 0.492. The highest BCUT2D eigenvalue weighted by molar-refractivity contribution is 5.95. The number of nitrogens with one attached hydrogen (secondary N) is 2. The number of pyridine rings is 1. The van der Waals surface area contributed by atoms with Gasteiger partial charge in [0.2, 0.25) is 17.7 Å². The van der Waals surface area contributed by atoms with E-state index in [0.717, 1.165) is 24.0 Å². The second kappa shape index (κ2) is 10.3. The standard InChI is InChI=1S/C30H45N5O5/c1-28(2,3)23(34-27(39)40-29(4,5)6)26(38)35-15-19-20(30(19,7)8)22(35)25(37)33-21(24(31)36)17-11-9-10-16-12-13-32-14-18(16)17/h12-14,17,19-23H,9-11,15H2,1-8H3,(H2,31,36)(H,33,37)(H,34,39)/t17?,19-,20-,21?,22-,23+/m0/s1. The fourth-order valence-corrected chi connectivity index (χ4v) is 6.67. The van der Waals surface area contributed by atoms with E-state index in [9.17, 15) is 19.2 Å². The molecular formula is C30H45N5O5. The number of aryl methyl sites for hydroxylation is 1. The van der Waals surface area contributed by atoms with E-state index in [1.807, 2.05) is 26.8 Å². The number of hydrogen-bond acceptors (Lipinski definition) is 6. The number of carbonyl (C=O) groups excluding carboxylic acids is 4. The third-order valence-electron chi connectivity index (χ3n) is 8.85. The van der Waals surface area contributed by atoms with Crippen LogP contribution in [0.15, 0.2) is 18.5 Å². The van der Waals surface area contributed by atoms with Gasteiger partial charge in [-0.25, -0.2) is 4.79 Å². The van der Waals surface area contributed by atoms with Gasteiger partial charge in [0.1, 0.15) is 23.7 Å². The van der Waals surface area contributed by atoms with E-state index in [2.05, 4.69) is 29.5 Å². The van der Waals surface area contributed by atoms with Crippen molar-refractivity contribution < 1.29 is 23.9 Å². The van der Waals surface area contributed by atoms with Crippen molar-refractivity contribution in [3.8, 4) is 0 Å². The summed E-state index contributed by atoms with van der Waals surface area (Å²) in [6.07, 6.45) is 5.25. The molecule has 1 saturated heterocycles. The molecule has 2 aliphatic carbocycles. The van der Waals surface area contributed by atoms with Crippen LogP contribution in [0, 0.1) is 22.7 Å². The van der Waals surface area contributed by atoms with Crippen molar-refractivity contribution in [1.29, 1.82) is 0 Å². The van der Waals surface area contributed by atoms with Gasteiger partial charge in [-0.05, 0) is 79.9 Å². The average Bonchev–Trinajstić information content (AvgIpc) is 3.16. The Morgan fingerprint density at radius 3 is 2.40 bits per heavy atom. The van der Waals surface area contributed by atoms with Gasteiger partial charge in [0.05, 0.1) is 0 Å². The van der Waals surface area contributed by atoms with E-state index in [-0.39, 0.29) is 29.1 Å². The van der Waals surface area contributed by atoms with E-state index in [1.165, 1.54) is 0 Å². The van der Waals surface area contributed by atoms with Crippen LogP contribution in [0.2, 0.25) is 0 Å². The molecule has 1 saturated carbocycles. The predicted molar refractivity (Wildman–Crippen MR) is 150 cm³/mol. The van der Waals surface area contributed by atoms with Crippen molar-refractivity contribution in [3.05, 3.63) is 29.6 Å². The predicted octanol–water partition coefficient (Wildman–Crippen LogP) is 2.89. The highest BCUT2D eigenvalue weighted by atomic mass is 16.6. The smallest absolute Gasteiger partial charge is 0.408 e. The second-order valence-electron chi connectivity index (χ2n) is 14.3. The Labute approximate surface area is 237 Å². The number of ether oxygens (including phenoxy) is 1. The van der Waals surface area contributed by atoms with Crippen LogP contribution >= 0.6 is 0 Å². The minimum absolute atomic E-state index is 0.0626. The van der Waals surface area contributed by atoms with Gasteiger partial charge < -0.3 is 26.0 Å². The number of hydrogen-bond donors (Lipinski definition) is 3. The minimum atomic E-state index is -0.924. The number of amides is 4. The zero-order valence-electron chi connectivity index (χ0n) is 25.0. The molecule has 0 radical (unpaired) electrons. The molecule has 1 aliphatic heterocycles. The van der Waals surface area contributed by atoms with Crippen LogP contribution in [0.1, 0.15) is 85.3 Å². The molecule has 4 rings (SSSR count). The topological polar surface area (TPSA) is 144 Å². The Balaban J connectivity index is 1.59. The Hall–Kier alpha value is -3.17. The Kier molecular flexibility index (Phi) is 7.71. The number of aromatic nitrogens is 1. The number of nitrogens with two attached hydrogens (primary N) is 1. The van der Waals surface area contributed by atoms with Gasteiger partial charge >= 0.3 is 6.09 Å². The van der Waals surface area contributed by atoms with E-state index in [0.29, 0.717) is 13.0 Å². The van der Waals surface area contributed by atoms with Crippen molar-refractivity contribution in [1.82, 2.24) is 20.5 Å². The lowest BCUT2D eigenvalue weighted by Gasteiger charge is -2.38. The number of primary amides is 1. The van der Waals surface area contributed by atoms with E-state index < -0.39 is 47.0 Å². The van der Waals surface area contributed by atoms with Crippen LogP contribution in [0.3, 0.4) is 0 Å². The summed E-state index contributed by atoms with van der Waals surface area (Å²) in [5.74, 6) is -1.56. The molecule has 2 fully saturated rings. The molecule has 4 amide bonds. The van der Waals surface area contributed by atoms with Crippen LogP contribution in [0.25, 0.3) is 0 Å². The summed E-state index contributed by atoms with van der Waals surface area (Å²) in [5.41, 5.74) is 6.39. The second-order valence-corrected chi connectivity index (χ2v) is 14.3. The molecule has 2 heterocycles. The molecule has 1 aromatic rings. The maximum atomic E-state index is 14.0. The number of likely N-dealkylation sites (tertiary alicyclic amines) is 1. The van der Waals surface area contributed by atoms with Crippen molar-refractivity contribution >= 4 is 23.8 Å². The van der Waals surface area contributed by atoms with Gasteiger partial charge in [0, 0.05) is 24.9 Å². The maximum absolute atomic E-state index is 14.0. The lowest BCUT2D eigenvalue weighted by atomic mass is 9.79. The Bertz CT molecular complexity index is 1180. The van der Waals surface area contributed by atoms with Gasteiger partial charge in [-0.15, -0.1) is 0 Å². The van der Waals surface area contributed by atoms with Crippen LogP contribution in [0.4, 0.5) is 4.79 Å². The summed E-state index contributed by atoms with van der Waals surface area (Å²) < 4.78 is 5.43. The van der Waals surface area contributed by atoms with Crippen LogP contribution < -0.4 is 16.4 Å². The molecule has 0 spiro atoms. The summed E-state index contributed by atoms with van der Waals surface area (Å²) >= 11 is 0.